The highest BCUT2D eigenvalue weighted by Crippen LogP contribution is 2.26. The van der Waals surface area contributed by atoms with E-state index in [-0.39, 0.29) is 12.1 Å². The second-order valence-corrected chi connectivity index (χ2v) is 5.87. The number of hydrogen-bond donors (Lipinski definition) is 2. The minimum Gasteiger partial charge on any atom is -0.481 e. The summed E-state index contributed by atoms with van der Waals surface area (Å²) in [4.78, 5) is 25.3. The molecule has 2 amide bonds. The molecule has 1 aromatic carbocycles. The number of carboxylic acid groups (broad SMARTS) is 1. The zero-order valence-electron chi connectivity index (χ0n) is 11.9. The average Bonchev–Trinajstić information content (AvgIpc) is 2.95. The van der Waals surface area contributed by atoms with Crippen molar-refractivity contribution >= 4 is 12.0 Å². The third kappa shape index (κ3) is 2.86. The lowest BCUT2D eigenvalue weighted by molar-refractivity contribution is -0.142. The quantitative estimate of drug-likeness (QED) is 0.874. The van der Waals surface area contributed by atoms with Crippen molar-refractivity contribution in [1.29, 1.82) is 0 Å². The minimum absolute atomic E-state index is 0.136. The molecule has 0 spiro atoms. The van der Waals surface area contributed by atoms with Crippen LogP contribution < -0.4 is 5.32 Å². The van der Waals surface area contributed by atoms with Crippen LogP contribution in [0.3, 0.4) is 0 Å². The molecule has 2 N–H and O–H groups in total. The number of rotatable bonds is 2. The Kier molecular flexibility index (Phi) is 3.82. The Labute approximate surface area is 123 Å². The van der Waals surface area contributed by atoms with Crippen LogP contribution in [-0.2, 0) is 17.8 Å². The van der Waals surface area contributed by atoms with Crippen molar-refractivity contribution in [3.05, 3.63) is 35.4 Å². The van der Waals surface area contributed by atoms with Crippen LogP contribution in [0.5, 0.6) is 0 Å². The zero-order valence-corrected chi connectivity index (χ0v) is 11.9. The number of carboxylic acids is 1. The van der Waals surface area contributed by atoms with Crippen LogP contribution in [0, 0.1) is 5.92 Å². The van der Waals surface area contributed by atoms with Crippen LogP contribution in [0.2, 0.25) is 0 Å². The van der Waals surface area contributed by atoms with Crippen molar-refractivity contribution in [3.63, 3.8) is 0 Å². The molecule has 0 bridgehead atoms. The Balaban J connectivity index is 1.63. The molecule has 0 aromatic heterocycles. The van der Waals surface area contributed by atoms with E-state index >= 15 is 0 Å². The third-order valence-electron chi connectivity index (χ3n) is 4.56. The molecule has 1 heterocycles. The molecule has 2 aliphatic rings. The van der Waals surface area contributed by atoms with E-state index in [0.29, 0.717) is 19.5 Å². The molecular formula is C16H20N2O3. The number of benzene rings is 1. The number of nitrogens with one attached hydrogen (secondary N) is 1. The summed E-state index contributed by atoms with van der Waals surface area (Å²) in [6, 6.07) is 7.78. The molecule has 0 saturated heterocycles. The largest absolute Gasteiger partial charge is 0.481 e. The maximum atomic E-state index is 12.4. The third-order valence-corrected chi connectivity index (χ3v) is 4.56. The highest BCUT2D eigenvalue weighted by Gasteiger charge is 2.35. The summed E-state index contributed by atoms with van der Waals surface area (Å²) in [5, 5.41) is 12.1. The summed E-state index contributed by atoms with van der Waals surface area (Å²) >= 11 is 0. The van der Waals surface area contributed by atoms with Gasteiger partial charge in [-0.25, -0.2) is 4.79 Å². The van der Waals surface area contributed by atoms with Crippen molar-refractivity contribution in [2.75, 3.05) is 6.54 Å². The molecule has 1 aliphatic heterocycles. The molecule has 1 aliphatic carbocycles. The van der Waals surface area contributed by atoms with Gasteiger partial charge in [0.05, 0.1) is 5.92 Å². The van der Waals surface area contributed by atoms with E-state index in [0.717, 1.165) is 19.3 Å². The van der Waals surface area contributed by atoms with Gasteiger partial charge in [0.15, 0.2) is 0 Å². The van der Waals surface area contributed by atoms with Gasteiger partial charge >= 0.3 is 12.0 Å². The smallest absolute Gasteiger partial charge is 0.317 e. The first-order chi connectivity index (χ1) is 10.1. The predicted molar refractivity (Wildman–Crippen MR) is 77.9 cm³/mol. The number of fused-ring (bicyclic) bond motifs is 1. The number of aliphatic carboxylic acids is 1. The van der Waals surface area contributed by atoms with Gasteiger partial charge in [0, 0.05) is 19.1 Å². The van der Waals surface area contributed by atoms with Crippen LogP contribution in [0.15, 0.2) is 24.3 Å². The molecule has 112 valence electrons. The van der Waals surface area contributed by atoms with Crippen LogP contribution in [-0.4, -0.2) is 34.6 Å². The SMILES string of the molecule is O=C(O)C1CCCC1NC(=O)N1CCc2ccccc2C1. The highest BCUT2D eigenvalue weighted by molar-refractivity contribution is 5.77. The lowest BCUT2D eigenvalue weighted by atomic mass is 10.00. The topological polar surface area (TPSA) is 69.6 Å². The van der Waals surface area contributed by atoms with E-state index < -0.39 is 11.9 Å². The number of urea groups is 1. The molecule has 1 fully saturated rings. The van der Waals surface area contributed by atoms with Gasteiger partial charge in [0.25, 0.3) is 0 Å². The first kappa shape index (κ1) is 13.9. The van der Waals surface area contributed by atoms with Gasteiger partial charge < -0.3 is 15.3 Å². The molecular weight excluding hydrogens is 268 g/mol. The predicted octanol–water partition coefficient (Wildman–Crippen LogP) is 2.01. The maximum Gasteiger partial charge on any atom is 0.317 e. The molecule has 1 saturated carbocycles. The summed E-state index contributed by atoms with van der Waals surface area (Å²) < 4.78 is 0. The molecule has 1 aromatic rings. The Morgan fingerprint density at radius 2 is 1.95 bits per heavy atom. The summed E-state index contributed by atoms with van der Waals surface area (Å²) in [6.45, 7) is 1.29. The van der Waals surface area contributed by atoms with Gasteiger partial charge in [0.1, 0.15) is 0 Å². The van der Waals surface area contributed by atoms with E-state index in [1.54, 1.807) is 4.90 Å². The van der Waals surface area contributed by atoms with E-state index in [1.807, 2.05) is 18.2 Å². The van der Waals surface area contributed by atoms with Gasteiger partial charge in [-0.05, 0) is 30.4 Å². The summed E-state index contributed by atoms with van der Waals surface area (Å²) in [7, 11) is 0. The maximum absolute atomic E-state index is 12.4. The van der Waals surface area contributed by atoms with E-state index in [1.165, 1.54) is 11.1 Å². The fraction of sp³-hybridized carbons (Fsp3) is 0.500. The number of amides is 2. The monoisotopic (exact) mass is 288 g/mol. The second kappa shape index (κ2) is 5.76. The second-order valence-electron chi connectivity index (χ2n) is 5.87. The summed E-state index contributed by atoms with van der Waals surface area (Å²) in [5.41, 5.74) is 2.48. The molecule has 21 heavy (non-hydrogen) atoms. The fourth-order valence-electron chi connectivity index (χ4n) is 3.35. The molecule has 2 unspecified atom stereocenters. The molecule has 2 atom stereocenters. The van der Waals surface area contributed by atoms with E-state index in [4.69, 9.17) is 0 Å². The number of carbonyl (C=O) groups is 2. The Morgan fingerprint density at radius 3 is 2.71 bits per heavy atom. The van der Waals surface area contributed by atoms with Gasteiger partial charge in [-0.1, -0.05) is 30.7 Å². The lowest BCUT2D eigenvalue weighted by Gasteiger charge is -2.30. The average molecular weight is 288 g/mol. The standard InChI is InChI=1S/C16H20N2O3/c19-15(20)13-6-3-7-14(13)17-16(21)18-9-8-11-4-1-2-5-12(11)10-18/h1-2,4-5,13-14H,3,6-10H2,(H,17,21)(H,19,20). The van der Waals surface area contributed by atoms with Crippen molar-refractivity contribution in [3.8, 4) is 0 Å². The Hall–Kier alpha value is -2.04. The van der Waals surface area contributed by atoms with Crippen LogP contribution in [0.1, 0.15) is 30.4 Å². The molecule has 3 rings (SSSR count). The number of hydrogen-bond acceptors (Lipinski definition) is 2. The molecule has 5 heteroatoms. The first-order valence-electron chi connectivity index (χ1n) is 7.50. The van der Waals surface area contributed by atoms with Crippen molar-refractivity contribution < 1.29 is 14.7 Å². The normalized spacial score (nSPS) is 24.5. The van der Waals surface area contributed by atoms with Crippen molar-refractivity contribution in [2.45, 2.75) is 38.3 Å². The van der Waals surface area contributed by atoms with E-state index in [9.17, 15) is 14.7 Å². The van der Waals surface area contributed by atoms with Crippen LogP contribution >= 0.6 is 0 Å². The van der Waals surface area contributed by atoms with Crippen LogP contribution in [0.25, 0.3) is 0 Å². The van der Waals surface area contributed by atoms with Gasteiger partial charge in [0.2, 0.25) is 0 Å². The molecule has 5 nitrogen and oxygen atoms in total. The first-order valence-corrected chi connectivity index (χ1v) is 7.50. The van der Waals surface area contributed by atoms with Crippen LogP contribution in [0.4, 0.5) is 4.79 Å². The Bertz CT molecular complexity index is 558. The minimum atomic E-state index is -0.804. The summed E-state index contributed by atoms with van der Waals surface area (Å²) in [5.74, 6) is -1.24. The van der Waals surface area contributed by atoms with Gasteiger partial charge in [-0.3, -0.25) is 4.79 Å². The number of carbonyl (C=O) groups excluding carboxylic acids is 1. The van der Waals surface area contributed by atoms with E-state index in [2.05, 4.69) is 11.4 Å². The van der Waals surface area contributed by atoms with Crippen molar-refractivity contribution in [2.24, 2.45) is 5.92 Å². The van der Waals surface area contributed by atoms with Gasteiger partial charge in [-0.2, -0.15) is 0 Å². The fourth-order valence-corrected chi connectivity index (χ4v) is 3.35. The Morgan fingerprint density at radius 1 is 1.19 bits per heavy atom. The lowest BCUT2D eigenvalue weighted by Crippen LogP contribution is -2.48. The molecule has 0 radical (unpaired) electrons. The summed E-state index contributed by atoms with van der Waals surface area (Å²) in [6.07, 6.45) is 3.14. The van der Waals surface area contributed by atoms with Crippen molar-refractivity contribution in [1.82, 2.24) is 10.2 Å². The number of nitrogens with zero attached hydrogens (tertiary/aromatic N) is 1. The highest BCUT2D eigenvalue weighted by atomic mass is 16.4. The zero-order chi connectivity index (χ0) is 14.8. The van der Waals surface area contributed by atoms with Gasteiger partial charge in [-0.15, -0.1) is 0 Å².